The van der Waals surface area contributed by atoms with Gasteiger partial charge in [-0.1, -0.05) is 6.42 Å². The van der Waals surface area contributed by atoms with Crippen LogP contribution in [-0.4, -0.2) is 46.1 Å². The Morgan fingerprint density at radius 3 is 3.04 bits per heavy atom. The number of thiophene rings is 1. The maximum atomic E-state index is 12.6. The maximum Gasteiger partial charge on any atom is 0.303 e. The van der Waals surface area contributed by atoms with E-state index in [1.807, 2.05) is 11.4 Å². The fourth-order valence-electron chi connectivity index (χ4n) is 3.21. The molecule has 0 bridgehead atoms. The van der Waals surface area contributed by atoms with Gasteiger partial charge < -0.3 is 15.3 Å². The fourth-order valence-corrected chi connectivity index (χ4v) is 3.93. The van der Waals surface area contributed by atoms with Crippen molar-refractivity contribution in [2.75, 3.05) is 18.0 Å². The highest BCUT2D eigenvalue weighted by atomic mass is 32.1. The predicted molar refractivity (Wildman–Crippen MR) is 96.9 cm³/mol. The van der Waals surface area contributed by atoms with Crippen LogP contribution in [0, 0.1) is 0 Å². The van der Waals surface area contributed by atoms with Crippen LogP contribution in [0.1, 0.15) is 38.5 Å². The number of carboxylic acids is 1. The minimum absolute atomic E-state index is 0.0257. The van der Waals surface area contributed by atoms with E-state index in [1.54, 1.807) is 17.7 Å². The SMILES string of the molecule is O=C(O)CCCCCNC(=O)C1CCCN1c1ncnc2sccc12. The summed E-state index contributed by atoms with van der Waals surface area (Å²) >= 11 is 1.57. The van der Waals surface area contributed by atoms with E-state index in [-0.39, 0.29) is 18.4 Å². The molecular weight excluding hydrogens is 340 g/mol. The molecule has 7 nitrogen and oxygen atoms in total. The minimum Gasteiger partial charge on any atom is -0.481 e. The van der Waals surface area contributed by atoms with Crippen molar-refractivity contribution in [3.63, 3.8) is 0 Å². The van der Waals surface area contributed by atoms with E-state index in [4.69, 9.17) is 5.11 Å². The van der Waals surface area contributed by atoms with Gasteiger partial charge in [0, 0.05) is 19.5 Å². The Hall–Kier alpha value is -2.22. The third kappa shape index (κ3) is 4.25. The van der Waals surface area contributed by atoms with Crippen LogP contribution in [0.15, 0.2) is 17.8 Å². The van der Waals surface area contributed by atoms with Crippen LogP contribution >= 0.6 is 11.3 Å². The molecule has 3 heterocycles. The van der Waals surface area contributed by atoms with Crippen molar-refractivity contribution in [3.8, 4) is 0 Å². The summed E-state index contributed by atoms with van der Waals surface area (Å²) in [5, 5.41) is 14.6. The van der Waals surface area contributed by atoms with Crippen LogP contribution in [-0.2, 0) is 9.59 Å². The lowest BCUT2D eigenvalue weighted by atomic mass is 10.1. The van der Waals surface area contributed by atoms with E-state index in [0.29, 0.717) is 13.0 Å². The number of carbonyl (C=O) groups is 2. The number of amides is 1. The number of carboxylic acid groups (broad SMARTS) is 1. The molecule has 1 aliphatic heterocycles. The summed E-state index contributed by atoms with van der Waals surface area (Å²) in [6, 6.07) is 1.81. The number of hydrogen-bond donors (Lipinski definition) is 2. The number of anilines is 1. The molecule has 1 fully saturated rings. The number of rotatable bonds is 8. The first-order chi connectivity index (χ1) is 12.2. The monoisotopic (exact) mass is 362 g/mol. The number of aromatic nitrogens is 2. The average molecular weight is 362 g/mol. The van der Waals surface area contributed by atoms with E-state index in [9.17, 15) is 9.59 Å². The number of unbranched alkanes of at least 4 members (excludes halogenated alkanes) is 2. The number of fused-ring (bicyclic) bond motifs is 1. The number of nitrogens with one attached hydrogen (secondary N) is 1. The Morgan fingerprint density at radius 1 is 1.32 bits per heavy atom. The molecule has 1 atom stereocenters. The molecule has 2 N–H and O–H groups in total. The molecule has 25 heavy (non-hydrogen) atoms. The van der Waals surface area contributed by atoms with Gasteiger partial charge in [-0.3, -0.25) is 9.59 Å². The van der Waals surface area contributed by atoms with Crippen molar-refractivity contribution < 1.29 is 14.7 Å². The van der Waals surface area contributed by atoms with Crippen molar-refractivity contribution in [2.24, 2.45) is 0 Å². The van der Waals surface area contributed by atoms with Gasteiger partial charge in [0.05, 0.1) is 5.39 Å². The maximum absolute atomic E-state index is 12.6. The lowest BCUT2D eigenvalue weighted by Crippen LogP contribution is -2.44. The molecule has 8 heteroatoms. The van der Waals surface area contributed by atoms with Crippen LogP contribution in [0.4, 0.5) is 5.82 Å². The quantitative estimate of drug-likeness (QED) is 0.700. The van der Waals surface area contributed by atoms with E-state index in [0.717, 1.165) is 48.3 Å². The zero-order valence-electron chi connectivity index (χ0n) is 14.0. The zero-order chi connectivity index (χ0) is 17.6. The second-order valence-corrected chi connectivity index (χ2v) is 7.08. The van der Waals surface area contributed by atoms with Crippen LogP contribution in [0.2, 0.25) is 0 Å². The molecule has 0 radical (unpaired) electrons. The highest BCUT2D eigenvalue weighted by molar-refractivity contribution is 7.16. The molecule has 0 saturated carbocycles. The summed E-state index contributed by atoms with van der Waals surface area (Å²) in [5.41, 5.74) is 0. The second kappa shape index (κ2) is 8.24. The number of aliphatic carboxylic acids is 1. The minimum atomic E-state index is -0.768. The van der Waals surface area contributed by atoms with Gasteiger partial charge in [0.25, 0.3) is 0 Å². The molecule has 2 aromatic heterocycles. The first-order valence-electron chi connectivity index (χ1n) is 8.61. The van der Waals surface area contributed by atoms with E-state index < -0.39 is 5.97 Å². The Kier molecular flexibility index (Phi) is 5.80. The first-order valence-corrected chi connectivity index (χ1v) is 9.49. The highest BCUT2D eigenvalue weighted by Crippen LogP contribution is 2.31. The van der Waals surface area contributed by atoms with Crippen molar-refractivity contribution in [3.05, 3.63) is 17.8 Å². The smallest absolute Gasteiger partial charge is 0.303 e. The van der Waals surface area contributed by atoms with Gasteiger partial charge in [0.1, 0.15) is 23.0 Å². The molecule has 1 amide bonds. The van der Waals surface area contributed by atoms with Gasteiger partial charge >= 0.3 is 5.97 Å². The fraction of sp³-hybridized carbons (Fsp3) is 0.529. The van der Waals surface area contributed by atoms with E-state index in [1.165, 1.54) is 0 Å². The molecule has 1 aliphatic rings. The Morgan fingerprint density at radius 2 is 2.20 bits per heavy atom. The largest absolute Gasteiger partial charge is 0.481 e. The number of carbonyl (C=O) groups excluding carboxylic acids is 1. The van der Waals surface area contributed by atoms with E-state index >= 15 is 0 Å². The molecule has 1 unspecified atom stereocenters. The molecule has 2 aromatic rings. The molecule has 3 rings (SSSR count). The summed E-state index contributed by atoms with van der Waals surface area (Å²) in [5.74, 6) is 0.0957. The molecule has 0 aliphatic carbocycles. The third-order valence-electron chi connectivity index (χ3n) is 4.43. The Balaban J connectivity index is 1.55. The normalized spacial score (nSPS) is 17.1. The van der Waals surface area contributed by atoms with Gasteiger partial charge in [-0.2, -0.15) is 0 Å². The van der Waals surface area contributed by atoms with Gasteiger partial charge in [0.2, 0.25) is 5.91 Å². The standard InChI is InChI=1S/C17H22N4O3S/c22-14(23)6-2-1-3-8-18-16(24)13-5-4-9-21(13)15-12-7-10-25-17(12)20-11-19-15/h7,10-11,13H,1-6,8-9H2,(H,18,24)(H,22,23). The summed E-state index contributed by atoms with van der Waals surface area (Å²) in [6.07, 6.45) is 5.79. The van der Waals surface area contributed by atoms with Gasteiger partial charge in [0.15, 0.2) is 0 Å². The molecule has 1 saturated heterocycles. The first kappa shape index (κ1) is 17.6. The van der Waals surface area contributed by atoms with Gasteiger partial charge in [-0.05, 0) is 37.1 Å². The van der Waals surface area contributed by atoms with Crippen molar-refractivity contribution in [1.82, 2.24) is 15.3 Å². The van der Waals surface area contributed by atoms with Crippen LogP contribution in [0.3, 0.4) is 0 Å². The zero-order valence-corrected chi connectivity index (χ0v) is 14.8. The topological polar surface area (TPSA) is 95.4 Å². The molecular formula is C17H22N4O3S. The van der Waals surface area contributed by atoms with Crippen molar-refractivity contribution in [2.45, 2.75) is 44.6 Å². The lowest BCUT2D eigenvalue weighted by molar-refractivity contribution is -0.137. The molecule has 134 valence electrons. The predicted octanol–water partition coefficient (Wildman–Crippen LogP) is 2.42. The summed E-state index contributed by atoms with van der Waals surface area (Å²) in [7, 11) is 0. The van der Waals surface area contributed by atoms with Crippen molar-refractivity contribution >= 4 is 39.2 Å². The third-order valence-corrected chi connectivity index (χ3v) is 5.26. The summed E-state index contributed by atoms with van der Waals surface area (Å²) in [6.45, 7) is 1.40. The summed E-state index contributed by atoms with van der Waals surface area (Å²) < 4.78 is 0. The Bertz CT molecular complexity index is 748. The number of nitrogens with zero attached hydrogens (tertiary/aromatic N) is 3. The summed E-state index contributed by atoms with van der Waals surface area (Å²) in [4.78, 5) is 34.7. The average Bonchev–Trinajstić information content (AvgIpc) is 3.25. The van der Waals surface area contributed by atoms with Crippen LogP contribution < -0.4 is 10.2 Å². The molecule has 0 spiro atoms. The van der Waals surface area contributed by atoms with E-state index in [2.05, 4.69) is 20.2 Å². The van der Waals surface area contributed by atoms with Crippen LogP contribution in [0.25, 0.3) is 10.2 Å². The van der Waals surface area contributed by atoms with Gasteiger partial charge in [-0.15, -0.1) is 11.3 Å². The van der Waals surface area contributed by atoms with Crippen molar-refractivity contribution in [1.29, 1.82) is 0 Å². The lowest BCUT2D eigenvalue weighted by Gasteiger charge is -2.25. The Labute approximate surface area is 150 Å². The van der Waals surface area contributed by atoms with Crippen LogP contribution in [0.5, 0.6) is 0 Å². The van der Waals surface area contributed by atoms with Gasteiger partial charge in [-0.25, -0.2) is 9.97 Å². The second-order valence-electron chi connectivity index (χ2n) is 6.18. The molecule has 0 aromatic carbocycles. The highest BCUT2D eigenvalue weighted by Gasteiger charge is 2.32. The number of hydrogen-bond acceptors (Lipinski definition) is 6.